The van der Waals surface area contributed by atoms with Gasteiger partial charge in [-0.05, 0) is 12.1 Å². The van der Waals surface area contributed by atoms with Crippen LogP contribution in [-0.4, -0.2) is 55.4 Å². The summed E-state index contributed by atoms with van der Waals surface area (Å²) < 4.78 is 25.6. The molecule has 1 N–H and O–H groups in total. The summed E-state index contributed by atoms with van der Waals surface area (Å²) in [6.45, 7) is 3.62. The van der Waals surface area contributed by atoms with E-state index in [0.29, 0.717) is 29.3 Å². The number of methoxy groups -OCH3 is 2. The second-order valence-electron chi connectivity index (χ2n) is 7.39. The zero-order valence-corrected chi connectivity index (χ0v) is 18.4. The molecule has 1 fully saturated rings. The van der Waals surface area contributed by atoms with Crippen LogP contribution in [0.5, 0.6) is 11.5 Å². The highest BCUT2D eigenvalue weighted by Gasteiger charge is 2.26. The maximum Gasteiger partial charge on any atom is 0.146 e. The van der Waals surface area contributed by atoms with E-state index in [2.05, 4.69) is 9.88 Å². The van der Waals surface area contributed by atoms with Gasteiger partial charge in [0.05, 0.1) is 19.9 Å². The van der Waals surface area contributed by atoms with Gasteiger partial charge in [0.25, 0.3) is 0 Å². The van der Waals surface area contributed by atoms with Crippen LogP contribution in [0, 0.1) is 5.82 Å². The van der Waals surface area contributed by atoms with Gasteiger partial charge in [-0.3, -0.25) is 4.90 Å². The fourth-order valence-electron chi connectivity index (χ4n) is 3.94. The van der Waals surface area contributed by atoms with Crippen LogP contribution >= 0.6 is 11.3 Å². The number of aliphatic hydroxyl groups is 1. The molecule has 2 aromatic carbocycles. The predicted octanol–water partition coefficient (Wildman–Crippen LogP) is 3.70. The first-order valence-electron chi connectivity index (χ1n) is 10.1. The van der Waals surface area contributed by atoms with Crippen LogP contribution in [0.25, 0.3) is 0 Å². The standard InChI is InChI=1S/C23H26FN3O3S/c1-29-17-7-6-16(20(14-17)30-2)15-26-9-11-27(12-10-26)21-18(4-3-5-19(21)24)22(28)23-25-8-13-31-23/h3-8,13-14,22,28H,9-12,15H2,1-2H3/t22-/m0/s1. The average molecular weight is 444 g/mol. The quantitative estimate of drug-likeness (QED) is 0.601. The Balaban J connectivity index is 1.47. The Morgan fingerprint density at radius 1 is 1.13 bits per heavy atom. The number of hydrogen-bond donors (Lipinski definition) is 1. The van der Waals surface area contributed by atoms with Gasteiger partial charge in [-0.1, -0.05) is 18.2 Å². The molecular formula is C23H26FN3O3S. The molecule has 0 radical (unpaired) electrons. The van der Waals surface area contributed by atoms with E-state index in [-0.39, 0.29) is 5.82 Å². The first kappa shape index (κ1) is 21.5. The molecular weight excluding hydrogens is 417 g/mol. The van der Waals surface area contributed by atoms with Gasteiger partial charge >= 0.3 is 0 Å². The van der Waals surface area contributed by atoms with Crippen molar-refractivity contribution in [1.82, 2.24) is 9.88 Å². The number of benzene rings is 2. The molecule has 1 aliphatic heterocycles. The number of aromatic nitrogens is 1. The van der Waals surface area contributed by atoms with E-state index in [1.54, 1.807) is 32.5 Å². The molecule has 8 heteroatoms. The lowest BCUT2D eigenvalue weighted by Gasteiger charge is -2.37. The van der Waals surface area contributed by atoms with Gasteiger partial charge in [0.2, 0.25) is 0 Å². The molecule has 1 saturated heterocycles. The summed E-state index contributed by atoms with van der Waals surface area (Å²) in [5.41, 5.74) is 2.11. The summed E-state index contributed by atoms with van der Waals surface area (Å²) in [4.78, 5) is 8.53. The molecule has 164 valence electrons. The number of piperazine rings is 1. The van der Waals surface area contributed by atoms with E-state index in [1.807, 2.05) is 28.5 Å². The number of ether oxygens (including phenoxy) is 2. The molecule has 0 spiro atoms. The summed E-state index contributed by atoms with van der Waals surface area (Å²) in [6, 6.07) is 10.7. The second-order valence-corrected chi connectivity index (χ2v) is 8.32. The normalized spacial score (nSPS) is 15.7. The van der Waals surface area contributed by atoms with Crippen LogP contribution in [0.15, 0.2) is 48.0 Å². The molecule has 6 nitrogen and oxygen atoms in total. The van der Waals surface area contributed by atoms with Crippen LogP contribution in [0.2, 0.25) is 0 Å². The van der Waals surface area contributed by atoms with Crippen LogP contribution in [0.4, 0.5) is 10.1 Å². The summed E-state index contributed by atoms with van der Waals surface area (Å²) in [5, 5.41) is 13.2. The minimum Gasteiger partial charge on any atom is -0.497 e. The fraction of sp³-hybridized carbons (Fsp3) is 0.348. The van der Waals surface area contributed by atoms with Gasteiger partial charge in [-0.25, -0.2) is 9.37 Å². The largest absolute Gasteiger partial charge is 0.497 e. The van der Waals surface area contributed by atoms with E-state index in [1.165, 1.54) is 17.4 Å². The maximum atomic E-state index is 14.8. The highest BCUT2D eigenvalue weighted by Crippen LogP contribution is 2.34. The average Bonchev–Trinajstić information content (AvgIpc) is 3.34. The van der Waals surface area contributed by atoms with Crippen molar-refractivity contribution in [2.24, 2.45) is 0 Å². The smallest absolute Gasteiger partial charge is 0.146 e. The fourth-order valence-corrected chi connectivity index (χ4v) is 4.58. The molecule has 3 aromatic rings. The third-order valence-electron chi connectivity index (χ3n) is 5.57. The monoisotopic (exact) mass is 443 g/mol. The molecule has 31 heavy (non-hydrogen) atoms. The number of nitrogens with zero attached hydrogens (tertiary/aromatic N) is 3. The molecule has 0 aliphatic carbocycles. The highest BCUT2D eigenvalue weighted by molar-refractivity contribution is 7.09. The zero-order chi connectivity index (χ0) is 21.8. The second kappa shape index (κ2) is 9.64. The number of halogens is 1. The molecule has 1 aromatic heterocycles. The van der Waals surface area contributed by atoms with Gasteiger partial charge < -0.3 is 19.5 Å². The summed E-state index contributed by atoms with van der Waals surface area (Å²) >= 11 is 1.36. The van der Waals surface area contributed by atoms with Crippen molar-refractivity contribution in [3.05, 3.63) is 69.9 Å². The maximum absolute atomic E-state index is 14.8. The van der Waals surface area contributed by atoms with Crippen molar-refractivity contribution in [2.75, 3.05) is 45.3 Å². The van der Waals surface area contributed by atoms with Crippen LogP contribution < -0.4 is 14.4 Å². The molecule has 1 aliphatic rings. The SMILES string of the molecule is COc1ccc(CN2CCN(c3c(F)cccc3[C@H](O)c3nccs3)CC2)c(OC)c1. The minimum atomic E-state index is -0.938. The predicted molar refractivity (Wildman–Crippen MR) is 120 cm³/mol. The lowest BCUT2D eigenvalue weighted by Crippen LogP contribution is -2.46. The van der Waals surface area contributed by atoms with E-state index < -0.39 is 6.10 Å². The van der Waals surface area contributed by atoms with E-state index in [9.17, 15) is 9.50 Å². The van der Waals surface area contributed by atoms with Crippen molar-refractivity contribution >= 4 is 17.0 Å². The Morgan fingerprint density at radius 3 is 2.61 bits per heavy atom. The van der Waals surface area contributed by atoms with Crippen molar-refractivity contribution in [1.29, 1.82) is 0 Å². The van der Waals surface area contributed by atoms with Gasteiger partial charge in [0.15, 0.2) is 0 Å². The first-order valence-corrected chi connectivity index (χ1v) is 11.0. The van der Waals surface area contributed by atoms with Crippen molar-refractivity contribution in [3.63, 3.8) is 0 Å². The van der Waals surface area contributed by atoms with Crippen molar-refractivity contribution in [2.45, 2.75) is 12.6 Å². The zero-order valence-electron chi connectivity index (χ0n) is 17.6. The van der Waals surface area contributed by atoms with E-state index in [0.717, 1.165) is 36.7 Å². The van der Waals surface area contributed by atoms with E-state index in [4.69, 9.17) is 9.47 Å². The molecule has 4 rings (SSSR count). The molecule has 1 atom stereocenters. The number of thiazole rings is 1. The van der Waals surface area contributed by atoms with E-state index >= 15 is 0 Å². The molecule has 0 unspecified atom stereocenters. The minimum absolute atomic E-state index is 0.321. The Morgan fingerprint density at radius 2 is 1.94 bits per heavy atom. The third kappa shape index (κ3) is 4.66. The number of hydrogen-bond acceptors (Lipinski definition) is 7. The number of para-hydroxylation sites is 1. The van der Waals surface area contributed by atoms with Gasteiger partial charge in [0, 0.05) is 61.5 Å². The molecule has 0 amide bonds. The van der Waals surface area contributed by atoms with Crippen LogP contribution in [-0.2, 0) is 6.54 Å². The van der Waals surface area contributed by atoms with Crippen molar-refractivity contribution in [3.8, 4) is 11.5 Å². The van der Waals surface area contributed by atoms with Gasteiger partial charge in [-0.15, -0.1) is 11.3 Å². The summed E-state index contributed by atoms with van der Waals surface area (Å²) in [6.07, 6.45) is 0.710. The Labute approximate surface area is 185 Å². The highest BCUT2D eigenvalue weighted by atomic mass is 32.1. The Bertz CT molecular complexity index is 1010. The topological polar surface area (TPSA) is 58.1 Å². The number of anilines is 1. The Hall–Kier alpha value is -2.68. The lowest BCUT2D eigenvalue weighted by atomic mass is 10.0. The molecule has 0 saturated carbocycles. The number of aliphatic hydroxyl groups excluding tert-OH is 1. The third-order valence-corrected chi connectivity index (χ3v) is 6.40. The van der Waals surface area contributed by atoms with Crippen LogP contribution in [0.3, 0.4) is 0 Å². The summed E-state index contributed by atoms with van der Waals surface area (Å²) in [7, 11) is 3.29. The number of rotatable bonds is 7. The Kier molecular flexibility index (Phi) is 6.70. The van der Waals surface area contributed by atoms with Crippen molar-refractivity contribution < 1.29 is 19.0 Å². The van der Waals surface area contributed by atoms with Gasteiger partial charge in [0.1, 0.15) is 28.4 Å². The molecule has 2 heterocycles. The van der Waals surface area contributed by atoms with Gasteiger partial charge in [-0.2, -0.15) is 0 Å². The van der Waals surface area contributed by atoms with Crippen LogP contribution in [0.1, 0.15) is 22.2 Å². The molecule has 0 bridgehead atoms. The lowest BCUT2D eigenvalue weighted by molar-refractivity contribution is 0.217. The summed E-state index contributed by atoms with van der Waals surface area (Å²) in [5.74, 6) is 1.24. The first-order chi connectivity index (χ1) is 15.1.